The highest BCUT2D eigenvalue weighted by molar-refractivity contribution is 5.77. The summed E-state index contributed by atoms with van der Waals surface area (Å²) in [6.07, 6.45) is 68.8. The average molecular weight is 904 g/mol. The first kappa shape index (κ1) is 61.8. The number of rotatable bonds is 47. The first-order valence-electron chi connectivity index (χ1n) is 27.1. The Kier molecular flexibility index (Phi) is 49.2. The molecule has 6 heteroatoms. The minimum atomic E-state index is -0.808. The number of allylic oxidation sites excluding steroid dienone is 16. The molecule has 0 radical (unpaired) electrons. The fraction of sp³-hybridized carbons (Fsp3) is 0.695. The third-order valence-corrected chi connectivity index (χ3v) is 11.8. The van der Waals surface area contributed by atoms with Crippen molar-refractivity contribution in [1.29, 1.82) is 0 Å². The van der Waals surface area contributed by atoms with Gasteiger partial charge in [0.15, 0.2) is 0 Å². The van der Waals surface area contributed by atoms with Crippen LogP contribution >= 0.6 is 0 Å². The molecule has 0 aliphatic heterocycles. The second kappa shape index (κ2) is 51.8. The van der Waals surface area contributed by atoms with Crippen molar-refractivity contribution in [3.63, 3.8) is 0 Å². The van der Waals surface area contributed by atoms with Crippen molar-refractivity contribution in [3.05, 3.63) is 97.2 Å². The number of aliphatic hydroxyl groups excluding tert-OH is 2. The minimum absolute atomic E-state index is 0.0366. The quantitative estimate of drug-likeness (QED) is 0.0321. The average Bonchev–Trinajstić information content (AvgIpc) is 3.30. The molecule has 0 aliphatic carbocycles. The molecule has 65 heavy (non-hydrogen) atoms. The van der Waals surface area contributed by atoms with E-state index in [4.69, 9.17) is 4.74 Å². The highest BCUT2D eigenvalue weighted by Gasteiger charge is 2.24. The van der Waals surface area contributed by atoms with E-state index in [0.29, 0.717) is 19.3 Å². The molecule has 3 atom stereocenters. The van der Waals surface area contributed by atoms with E-state index in [1.807, 2.05) is 6.08 Å². The van der Waals surface area contributed by atoms with Crippen LogP contribution in [0.4, 0.5) is 0 Å². The summed E-state index contributed by atoms with van der Waals surface area (Å²) in [7, 11) is 0. The summed E-state index contributed by atoms with van der Waals surface area (Å²) in [4.78, 5) is 26.2. The lowest BCUT2D eigenvalue weighted by Gasteiger charge is -2.24. The fourth-order valence-corrected chi connectivity index (χ4v) is 7.69. The lowest BCUT2D eigenvalue weighted by Crippen LogP contribution is -2.46. The maximum absolute atomic E-state index is 13.2. The summed E-state index contributed by atoms with van der Waals surface area (Å²) in [5.41, 5.74) is 0. The highest BCUT2D eigenvalue weighted by atomic mass is 16.5. The van der Waals surface area contributed by atoms with Gasteiger partial charge in [-0.05, 0) is 77.0 Å². The zero-order chi connectivity index (χ0) is 47.4. The summed E-state index contributed by atoms with van der Waals surface area (Å²) in [5.74, 6) is -0.544. The van der Waals surface area contributed by atoms with Gasteiger partial charge in [0.1, 0.15) is 6.10 Å². The van der Waals surface area contributed by atoms with Crippen molar-refractivity contribution in [2.24, 2.45) is 0 Å². The second-order valence-corrected chi connectivity index (χ2v) is 18.1. The summed E-state index contributed by atoms with van der Waals surface area (Å²) < 4.78 is 5.92. The van der Waals surface area contributed by atoms with Crippen LogP contribution in [0.1, 0.15) is 239 Å². The van der Waals surface area contributed by atoms with E-state index < -0.39 is 18.2 Å². The largest absolute Gasteiger partial charge is 0.462 e. The number of hydrogen-bond acceptors (Lipinski definition) is 5. The van der Waals surface area contributed by atoms with Gasteiger partial charge >= 0.3 is 5.97 Å². The van der Waals surface area contributed by atoms with E-state index in [2.05, 4.69) is 117 Å². The number of hydrogen-bond donors (Lipinski definition) is 3. The Morgan fingerprint density at radius 3 is 1.23 bits per heavy atom. The molecule has 0 saturated heterocycles. The summed E-state index contributed by atoms with van der Waals surface area (Å²) >= 11 is 0. The molecular formula is C59H101NO5. The number of nitrogens with one attached hydrogen (secondary N) is 1. The molecule has 0 aliphatic rings. The molecule has 0 saturated carbocycles. The van der Waals surface area contributed by atoms with Gasteiger partial charge in [0.25, 0.3) is 0 Å². The molecule has 0 spiro atoms. The lowest BCUT2D eigenvalue weighted by molar-refractivity contribution is -0.151. The van der Waals surface area contributed by atoms with Crippen molar-refractivity contribution in [1.82, 2.24) is 5.32 Å². The van der Waals surface area contributed by atoms with E-state index in [1.54, 1.807) is 0 Å². The number of carbonyl (C=O) groups excluding carboxylic acids is 2. The summed E-state index contributed by atoms with van der Waals surface area (Å²) in [6.45, 7) is 6.39. The van der Waals surface area contributed by atoms with Gasteiger partial charge < -0.3 is 20.3 Å². The SMILES string of the molecule is CCCCC/C=C/C=C/C=C/C=C/CCCCCCCC(=O)OC(CCCCC/C=C/C=C/C=C/C=C/CCCCC)CC(=O)NC(CO)C(O)CCCCCCCCCCCCCC. The van der Waals surface area contributed by atoms with Gasteiger partial charge in [0.2, 0.25) is 5.91 Å². The number of ether oxygens (including phenoxy) is 1. The molecule has 1 amide bonds. The number of amides is 1. The zero-order valence-corrected chi connectivity index (χ0v) is 42.3. The molecule has 0 aromatic rings. The third-order valence-electron chi connectivity index (χ3n) is 11.8. The first-order chi connectivity index (χ1) is 32.0. The van der Waals surface area contributed by atoms with Crippen molar-refractivity contribution in [2.45, 2.75) is 257 Å². The standard InChI is InChI=1S/C59H101NO5/c1-4-7-10-13-16-19-22-25-27-29-30-32-34-37-40-43-46-49-52-59(64)65-55(50-47-44-41-38-35-33-31-28-26-23-20-17-14-11-8-5-2)53-58(63)60-56(54-61)57(62)51-48-45-42-39-36-24-21-18-15-12-9-6-3/h16-17,19-20,22-23,25-33,35,55-57,61-62H,4-15,18,21,24,34,36-54H2,1-3H3,(H,60,63)/b19-16+,20-17+,25-22+,26-23+,29-27+,31-28+,32-30+,35-33+. The van der Waals surface area contributed by atoms with Crippen LogP contribution in [0.25, 0.3) is 0 Å². The Labute approximate surface area is 401 Å². The van der Waals surface area contributed by atoms with Crippen LogP contribution < -0.4 is 5.32 Å². The lowest BCUT2D eigenvalue weighted by atomic mass is 10.0. The topological polar surface area (TPSA) is 95.9 Å². The maximum atomic E-state index is 13.2. The van der Waals surface area contributed by atoms with Crippen molar-refractivity contribution in [3.8, 4) is 0 Å². The Hall–Kier alpha value is -3.22. The van der Waals surface area contributed by atoms with Crippen molar-refractivity contribution in [2.75, 3.05) is 6.61 Å². The number of aliphatic hydroxyl groups is 2. The molecule has 372 valence electrons. The van der Waals surface area contributed by atoms with E-state index in [-0.39, 0.29) is 24.9 Å². The smallest absolute Gasteiger partial charge is 0.306 e. The fourth-order valence-electron chi connectivity index (χ4n) is 7.69. The number of unbranched alkanes of at least 4 members (excludes halogenated alkanes) is 25. The van der Waals surface area contributed by atoms with Crippen LogP contribution in [0.3, 0.4) is 0 Å². The van der Waals surface area contributed by atoms with E-state index in [9.17, 15) is 19.8 Å². The van der Waals surface area contributed by atoms with Crippen LogP contribution in [-0.4, -0.2) is 46.9 Å². The summed E-state index contributed by atoms with van der Waals surface area (Å²) in [5, 5.41) is 23.8. The monoisotopic (exact) mass is 904 g/mol. The Bertz CT molecular complexity index is 1290. The Morgan fingerprint density at radius 1 is 0.446 bits per heavy atom. The van der Waals surface area contributed by atoms with E-state index >= 15 is 0 Å². The molecule has 0 fully saturated rings. The van der Waals surface area contributed by atoms with Crippen LogP contribution in [0.5, 0.6) is 0 Å². The molecule has 0 rings (SSSR count). The van der Waals surface area contributed by atoms with Gasteiger partial charge in [0.05, 0.1) is 25.2 Å². The molecule has 0 aromatic heterocycles. The normalized spacial score (nSPS) is 14.0. The molecular weight excluding hydrogens is 803 g/mol. The van der Waals surface area contributed by atoms with Gasteiger partial charge in [-0.15, -0.1) is 0 Å². The zero-order valence-electron chi connectivity index (χ0n) is 42.3. The van der Waals surface area contributed by atoms with Crippen LogP contribution in [0.15, 0.2) is 97.2 Å². The Balaban J connectivity index is 4.74. The van der Waals surface area contributed by atoms with Gasteiger partial charge in [-0.25, -0.2) is 0 Å². The maximum Gasteiger partial charge on any atom is 0.306 e. The van der Waals surface area contributed by atoms with Gasteiger partial charge in [0, 0.05) is 6.42 Å². The molecule has 3 unspecified atom stereocenters. The van der Waals surface area contributed by atoms with Gasteiger partial charge in [-0.3, -0.25) is 9.59 Å². The molecule has 3 N–H and O–H groups in total. The van der Waals surface area contributed by atoms with Gasteiger partial charge in [-0.2, -0.15) is 0 Å². The number of esters is 1. The van der Waals surface area contributed by atoms with Gasteiger partial charge in [-0.1, -0.05) is 246 Å². The second-order valence-electron chi connectivity index (χ2n) is 18.1. The highest BCUT2D eigenvalue weighted by Crippen LogP contribution is 2.17. The van der Waals surface area contributed by atoms with Crippen LogP contribution in [0.2, 0.25) is 0 Å². The molecule has 0 heterocycles. The third kappa shape index (κ3) is 47.1. The predicted molar refractivity (Wildman–Crippen MR) is 282 cm³/mol. The molecule has 6 nitrogen and oxygen atoms in total. The predicted octanol–water partition coefficient (Wildman–Crippen LogP) is 16.5. The Morgan fingerprint density at radius 2 is 0.785 bits per heavy atom. The minimum Gasteiger partial charge on any atom is -0.462 e. The van der Waals surface area contributed by atoms with Crippen LogP contribution in [0, 0.1) is 0 Å². The summed E-state index contributed by atoms with van der Waals surface area (Å²) in [6, 6.07) is -0.726. The number of carbonyl (C=O) groups is 2. The van der Waals surface area contributed by atoms with E-state index in [1.165, 1.54) is 96.3 Å². The molecule has 0 aromatic carbocycles. The molecule has 0 bridgehead atoms. The van der Waals surface area contributed by atoms with Crippen LogP contribution in [-0.2, 0) is 14.3 Å². The first-order valence-corrected chi connectivity index (χ1v) is 27.1. The van der Waals surface area contributed by atoms with Crippen molar-refractivity contribution >= 4 is 11.9 Å². The van der Waals surface area contributed by atoms with Crippen molar-refractivity contribution < 1.29 is 24.5 Å². The van der Waals surface area contributed by atoms with E-state index in [0.717, 1.165) is 96.3 Å².